The first-order valence-corrected chi connectivity index (χ1v) is 8.77. The second-order valence-corrected chi connectivity index (χ2v) is 8.30. The maximum absolute atomic E-state index is 11.5. The Balaban J connectivity index is 1.99. The molecule has 0 heterocycles. The van der Waals surface area contributed by atoms with E-state index >= 15 is 0 Å². The van der Waals surface area contributed by atoms with Gasteiger partial charge in [-0.2, -0.15) is 0 Å². The lowest BCUT2D eigenvalue weighted by atomic mass is 9.63. The Bertz CT molecular complexity index is 744. The molecule has 1 unspecified atom stereocenters. The molecule has 0 aromatic heterocycles. The van der Waals surface area contributed by atoms with Gasteiger partial charge < -0.3 is 4.74 Å². The van der Waals surface area contributed by atoms with E-state index in [9.17, 15) is 4.79 Å². The third kappa shape index (κ3) is 2.88. The summed E-state index contributed by atoms with van der Waals surface area (Å²) < 4.78 is 5.42. The molecular formula is C22H26O2. The Labute approximate surface area is 145 Å². The van der Waals surface area contributed by atoms with E-state index < -0.39 is 5.97 Å². The van der Waals surface area contributed by atoms with Crippen LogP contribution < -0.4 is 0 Å². The molecule has 0 saturated carbocycles. The quantitative estimate of drug-likeness (QED) is 0.446. The Morgan fingerprint density at radius 1 is 1.17 bits per heavy atom. The van der Waals surface area contributed by atoms with E-state index in [1.54, 1.807) is 0 Å². The van der Waals surface area contributed by atoms with Gasteiger partial charge in [-0.1, -0.05) is 52.0 Å². The molecule has 0 radical (unpaired) electrons. The molecule has 1 atom stereocenters. The maximum atomic E-state index is 11.5. The fourth-order valence-electron chi connectivity index (χ4n) is 4.03. The number of hydrogen-bond donors (Lipinski definition) is 0. The highest BCUT2D eigenvalue weighted by atomic mass is 16.5. The predicted molar refractivity (Wildman–Crippen MR) is 97.7 cm³/mol. The van der Waals surface area contributed by atoms with E-state index in [0.717, 1.165) is 24.0 Å². The zero-order chi connectivity index (χ0) is 17.5. The van der Waals surface area contributed by atoms with E-state index in [1.807, 2.05) is 5.92 Å². The van der Waals surface area contributed by atoms with Crippen molar-refractivity contribution in [3.63, 3.8) is 0 Å². The topological polar surface area (TPSA) is 26.3 Å². The van der Waals surface area contributed by atoms with Crippen LogP contribution in [0.4, 0.5) is 0 Å². The van der Waals surface area contributed by atoms with Gasteiger partial charge in [0.15, 0.2) is 0 Å². The number of terminal acetylenes is 1. The third-order valence-electron chi connectivity index (χ3n) is 5.69. The number of carbonyl (C=O) groups excluding carboxylic acids is 1. The molecular weight excluding hydrogens is 296 g/mol. The predicted octanol–water partition coefficient (Wildman–Crippen LogP) is 4.76. The van der Waals surface area contributed by atoms with Gasteiger partial charge in [-0.3, -0.25) is 0 Å². The third-order valence-corrected chi connectivity index (χ3v) is 5.69. The van der Waals surface area contributed by atoms with Gasteiger partial charge in [0.2, 0.25) is 0 Å². The Morgan fingerprint density at radius 2 is 1.83 bits per heavy atom. The largest absolute Gasteiger partial charge is 0.448 e. The summed E-state index contributed by atoms with van der Waals surface area (Å²) in [6, 6.07) is 6.75. The molecule has 126 valence electrons. The van der Waals surface area contributed by atoms with Gasteiger partial charge in [0.05, 0.1) is 0 Å². The fraction of sp³-hybridized carbons (Fsp3) is 0.500. The number of esters is 1. The van der Waals surface area contributed by atoms with E-state index in [1.165, 1.54) is 24.0 Å². The molecule has 0 spiro atoms. The van der Waals surface area contributed by atoms with Crippen LogP contribution in [-0.2, 0) is 20.4 Å². The number of hydrogen-bond acceptors (Lipinski definition) is 2. The lowest BCUT2D eigenvalue weighted by Crippen LogP contribution is -2.34. The van der Waals surface area contributed by atoms with Crippen LogP contribution in [0.1, 0.15) is 70.1 Å². The van der Waals surface area contributed by atoms with Gasteiger partial charge in [0.25, 0.3) is 0 Å². The van der Waals surface area contributed by atoms with Crippen LogP contribution in [0.2, 0.25) is 0 Å². The number of benzene rings is 1. The van der Waals surface area contributed by atoms with Crippen molar-refractivity contribution in [3.05, 3.63) is 41.0 Å². The van der Waals surface area contributed by atoms with Crippen molar-refractivity contribution >= 4 is 11.5 Å². The second kappa shape index (κ2) is 5.81. The Morgan fingerprint density at radius 3 is 2.50 bits per heavy atom. The molecule has 3 rings (SSSR count). The van der Waals surface area contributed by atoms with Crippen LogP contribution in [0.3, 0.4) is 0 Å². The summed E-state index contributed by atoms with van der Waals surface area (Å²) in [6.45, 7) is 9.30. The van der Waals surface area contributed by atoms with E-state index in [0.29, 0.717) is 0 Å². The minimum Gasteiger partial charge on any atom is -0.448 e. The number of allylic oxidation sites excluding steroid dienone is 1. The first-order chi connectivity index (χ1) is 11.2. The minimum atomic E-state index is -0.577. The molecule has 2 aliphatic carbocycles. The monoisotopic (exact) mass is 322 g/mol. The van der Waals surface area contributed by atoms with E-state index in [2.05, 4.69) is 52.0 Å². The van der Waals surface area contributed by atoms with Crippen molar-refractivity contribution in [2.75, 3.05) is 0 Å². The summed E-state index contributed by atoms with van der Waals surface area (Å²) >= 11 is 0. The van der Waals surface area contributed by atoms with Crippen LogP contribution in [0.25, 0.3) is 5.57 Å². The van der Waals surface area contributed by atoms with E-state index in [-0.39, 0.29) is 16.9 Å². The molecule has 2 heteroatoms. The number of rotatable bonds is 2. The van der Waals surface area contributed by atoms with Crippen molar-refractivity contribution in [1.82, 2.24) is 0 Å². The standard InChI is InChI=1S/C22H26O2/c1-6-20(23)24-19-9-7-8-16(19)15-10-11-17-18(14-15)22(4,5)13-12-21(17,2)3/h1,8,10-11,14,19H,7,9,12-13H2,2-5H3. The normalized spacial score (nSPS) is 23.8. The molecule has 2 nitrogen and oxygen atoms in total. The molecule has 0 amide bonds. The average molecular weight is 322 g/mol. The molecule has 1 aromatic carbocycles. The van der Waals surface area contributed by atoms with Gasteiger partial charge >= 0.3 is 5.97 Å². The van der Waals surface area contributed by atoms with Crippen molar-refractivity contribution < 1.29 is 9.53 Å². The molecule has 0 aliphatic heterocycles. The molecule has 0 bridgehead atoms. The van der Waals surface area contributed by atoms with Gasteiger partial charge in [-0.05, 0) is 58.8 Å². The van der Waals surface area contributed by atoms with Crippen LogP contribution in [0.5, 0.6) is 0 Å². The van der Waals surface area contributed by atoms with Crippen molar-refractivity contribution in [2.45, 2.75) is 70.3 Å². The summed E-state index contributed by atoms with van der Waals surface area (Å²) in [5.74, 6) is 1.47. The maximum Gasteiger partial charge on any atom is 0.384 e. The number of ether oxygens (including phenoxy) is 1. The molecule has 24 heavy (non-hydrogen) atoms. The summed E-state index contributed by atoms with van der Waals surface area (Å²) in [6.07, 6.45) is 11.2. The van der Waals surface area contributed by atoms with Gasteiger partial charge in [0, 0.05) is 5.92 Å². The fourth-order valence-corrected chi connectivity index (χ4v) is 4.03. The number of fused-ring (bicyclic) bond motifs is 1. The van der Waals surface area contributed by atoms with E-state index in [4.69, 9.17) is 11.2 Å². The molecule has 0 fully saturated rings. The van der Waals surface area contributed by atoms with Gasteiger partial charge in [-0.15, -0.1) is 6.42 Å². The van der Waals surface area contributed by atoms with Crippen molar-refractivity contribution in [3.8, 4) is 12.3 Å². The minimum absolute atomic E-state index is 0.172. The Hall–Kier alpha value is -2.01. The highest BCUT2D eigenvalue weighted by Crippen LogP contribution is 2.47. The zero-order valence-corrected chi connectivity index (χ0v) is 15.1. The highest BCUT2D eigenvalue weighted by molar-refractivity contribution is 5.89. The van der Waals surface area contributed by atoms with Crippen LogP contribution in [-0.4, -0.2) is 12.1 Å². The molecule has 1 aromatic rings. The molecule has 0 N–H and O–H groups in total. The van der Waals surface area contributed by atoms with Crippen LogP contribution in [0.15, 0.2) is 24.3 Å². The van der Waals surface area contributed by atoms with Crippen LogP contribution in [0, 0.1) is 12.3 Å². The summed E-state index contributed by atoms with van der Waals surface area (Å²) in [5, 5.41) is 0. The first kappa shape index (κ1) is 16.8. The molecule has 0 saturated heterocycles. The van der Waals surface area contributed by atoms with Crippen molar-refractivity contribution in [2.24, 2.45) is 0 Å². The summed E-state index contributed by atoms with van der Waals surface area (Å²) in [7, 11) is 0. The second-order valence-electron chi connectivity index (χ2n) is 8.30. The SMILES string of the molecule is C#CC(=O)OC1CCC=C1c1ccc2c(c1)C(C)(C)CCC2(C)C. The lowest BCUT2D eigenvalue weighted by Gasteiger charge is -2.42. The number of carbonyl (C=O) groups is 1. The smallest absolute Gasteiger partial charge is 0.384 e. The van der Waals surface area contributed by atoms with Gasteiger partial charge in [0.1, 0.15) is 6.10 Å². The zero-order valence-electron chi connectivity index (χ0n) is 15.1. The first-order valence-electron chi connectivity index (χ1n) is 8.77. The van der Waals surface area contributed by atoms with Gasteiger partial charge in [-0.25, -0.2) is 4.79 Å². The molecule has 2 aliphatic rings. The summed E-state index contributed by atoms with van der Waals surface area (Å²) in [5.41, 5.74) is 5.50. The summed E-state index contributed by atoms with van der Waals surface area (Å²) in [4.78, 5) is 11.5. The van der Waals surface area contributed by atoms with Crippen molar-refractivity contribution in [1.29, 1.82) is 0 Å². The Kier molecular flexibility index (Phi) is 4.08. The average Bonchev–Trinajstić information content (AvgIpc) is 2.99. The lowest BCUT2D eigenvalue weighted by molar-refractivity contribution is -0.139. The highest BCUT2D eigenvalue weighted by Gasteiger charge is 2.37. The van der Waals surface area contributed by atoms with Crippen LogP contribution >= 0.6 is 0 Å².